The Labute approximate surface area is 221 Å². The third kappa shape index (κ3) is 7.74. The fourth-order valence-corrected chi connectivity index (χ4v) is 4.36. The lowest BCUT2D eigenvalue weighted by Gasteiger charge is -2.30. The summed E-state index contributed by atoms with van der Waals surface area (Å²) in [7, 11) is 0. The molecule has 1 aliphatic rings. The van der Waals surface area contributed by atoms with E-state index in [1.807, 2.05) is 36.4 Å². The van der Waals surface area contributed by atoms with Gasteiger partial charge in [-0.2, -0.15) is 0 Å². The van der Waals surface area contributed by atoms with Gasteiger partial charge in [0.2, 0.25) is 5.91 Å². The lowest BCUT2D eigenvalue weighted by molar-refractivity contribution is -0.384. The maximum atomic E-state index is 13.6. The summed E-state index contributed by atoms with van der Waals surface area (Å²) >= 11 is 0. The van der Waals surface area contributed by atoms with E-state index < -0.39 is 4.92 Å². The summed E-state index contributed by atoms with van der Waals surface area (Å²) in [6.45, 7) is 4.72. The molecule has 1 aromatic heterocycles. The predicted molar refractivity (Wildman–Crippen MR) is 140 cm³/mol. The molecule has 4 rings (SSSR count). The molecule has 0 bridgehead atoms. The molecule has 0 saturated carbocycles. The zero-order chi connectivity index (χ0) is 26.7. The van der Waals surface area contributed by atoms with Crippen LogP contribution in [0.1, 0.15) is 28.1 Å². The number of amides is 2. The zero-order valence-corrected chi connectivity index (χ0v) is 21.2. The fourth-order valence-electron chi connectivity index (χ4n) is 4.36. The molecule has 10 nitrogen and oxygen atoms in total. The van der Waals surface area contributed by atoms with E-state index in [1.165, 1.54) is 29.2 Å². The minimum atomic E-state index is -0.506. The Balaban J connectivity index is 1.49. The van der Waals surface area contributed by atoms with Gasteiger partial charge in [-0.05, 0) is 36.2 Å². The molecule has 2 heterocycles. The van der Waals surface area contributed by atoms with E-state index in [0.29, 0.717) is 44.0 Å². The average Bonchev–Trinajstić information content (AvgIpc) is 3.46. The Morgan fingerprint density at radius 3 is 2.32 bits per heavy atom. The van der Waals surface area contributed by atoms with Gasteiger partial charge >= 0.3 is 0 Å². The van der Waals surface area contributed by atoms with Crippen LogP contribution < -0.4 is 0 Å². The van der Waals surface area contributed by atoms with E-state index in [0.717, 1.165) is 25.2 Å². The first-order chi connectivity index (χ1) is 18.5. The molecule has 0 N–H and O–H groups in total. The first-order valence-electron chi connectivity index (χ1n) is 12.7. The number of carbonyl (C=O) groups excluding carboxylic acids is 2. The third-order valence-corrected chi connectivity index (χ3v) is 6.44. The van der Waals surface area contributed by atoms with Crippen molar-refractivity contribution in [2.24, 2.45) is 0 Å². The summed E-state index contributed by atoms with van der Waals surface area (Å²) in [4.78, 5) is 43.1. The molecule has 38 heavy (non-hydrogen) atoms. The fraction of sp³-hybridized carbons (Fsp3) is 0.357. The van der Waals surface area contributed by atoms with Crippen LogP contribution in [0.4, 0.5) is 5.69 Å². The average molecular weight is 521 g/mol. The minimum absolute atomic E-state index is 0.0935. The molecule has 3 aromatic rings. The van der Waals surface area contributed by atoms with Crippen molar-refractivity contribution in [2.75, 3.05) is 45.9 Å². The number of ether oxygens (including phenoxy) is 1. The topological polar surface area (TPSA) is 109 Å². The summed E-state index contributed by atoms with van der Waals surface area (Å²) in [5.74, 6) is 0.0922. The van der Waals surface area contributed by atoms with Crippen molar-refractivity contribution in [1.82, 2.24) is 14.7 Å². The van der Waals surface area contributed by atoms with Crippen LogP contribution in [-0.2, 0) is 22.6 Å². The Kier molecular flexibility index (Phi) is 9.60. The van der Waals surface area contributed by atoms with Crippen LogP contribution in [0.15, 0.2) is 77.4 Å². The van der Waals surface area contributed by atoms with Gasteiger partial charge in [0.05, 0.1) is 30.9 Å². The van der Waals surface area contributed by atoms with Gasteiger partial charge in [-0.3, -0.25) is 24.6 Å². The number of nitrogens with zero attached hydrogens (tertiary/aromatic N) is 4. The highest BCUT2D eigenvalue weighted by molar-refractivity contribution is 5.96. The van der Waals surface area contributed by atoms with Crippen LogP contribution in [0.3, 0.4) is 0 Å². The van der Waals surface area contributed by atoms with Crippen molar-refractivity contribution in [2.45, 2.75) is 19.5 Å². The molecule has 2 amide bonds. The molecule has 1 aliphatic heterocycles. The molecule has 10 heteroatoms. The number of carbonyl (C=O) groups is 2. The quantitative estimate of drug-likeness (QED) is 0.265. The molecule has 0 spiro atoms. The predicted octanol–water partition coefficient (Wildman–Crippen LogP) is 3.58. The second-order valence-electron chi connectivity index (χ2n) is 9.15. The smallest absolute Gasteiger partial charge is 0.269 e. The lowest BCUT2D eigenvalue weighted by Crippen LogP contribution is -2.44. The SMILES string of the molecule is O=C(CN(CCCN1CCOCC1)C(=O)c1ccc([N+](=O)[O-])cc1)N(Cc1ccccc1)Cc1ccco1. The number of morpholine rings is 1. The van der Waals surface area contributed by atoms with Gasteiger partial charge in [-0.15, -0.1) is 0 Å². The Bertz CT molecular complexity index is 1180. The van der Waals surface area contributed by atoms with Gasteiger partial charge < -0.3 is 19.0 Å². The van der Waals surface area contributed by atoms with E-state index in [2.05, 4.69) is 4.90 Å². The summed E-state index contributed by atoms with van der Waals surface area (Å²) in [6.07, 6.45) is 2.25. The molecule has 0 atom stereocenters. The maximum absolute atomic E-state index is 13.6. The molecule has 200 valence electrons. The number of furan rings is 1. The molecular weight excluding hydrogens is 488 g/mol. The molecular formula is C28H32N4O6. The highest BCUT2D eigenvalue weighted by Gasteiger charge is 2.24. The summed E-state index contributed by atoms with van der Waals surface area (Å²) in [5.41, 5.74) is 1.17. The summed E-state index contributed by atoms with van der Waals surface area (Å²) in [5, 5.41) is 11.0. The highest BCUT2D eigenvalue weighted by atomic mass is 16.6. The number of hydrogen-bond donors (Lipinski definition) is 0. The van der Waals surface area contributed by atoms with Gasteiger partial charge in [-0.1, -0.05) is 30.3 Å². The van der Waals surface area contributed by atoms with Gasteiger partial charge in [-0.25, -0.2) is 0 Å². The van der Waals surface area contributed by atoms with E-state index in [1.54, 1.807) is 17.2 Å². The van der Waals surface area contributed by atoms with Crippen molar-refractivity contribution in [3.8, 4) is 0 Å². The second kappa shape index (κ2) is 13.5. The highest BCUT2D eigenvalue weighted by Crippen LogP contribution is 2.16. The van der Waals surface area contributed by atoms with Gasteiger partial charge in [0, 0.05) is 50.4 Å². The van der Waals surface area contributed by atoms with E-state index in [-0.39, 0.29) is 30.6 Å². The number of nitro benzene ring substituents is 1. The van der Waals surface area contributed by atoms with Crippen LogP contribution in [0.25, 0.3) is 0 Å². The summed E-state index contributed by atoms with van der Waals surface area (Å²) in [6, 6.07) is 18.7. The van der Waals surface area contributed by atoms with Crippen LogP contribution >= 0.6 is 0 Å². The van der Waals surface area contributed by atoms with Gasteiger partial charge in [0.15, 0.2) is 0 Å². The largest absolute Gasteiger partial charge is 0.467 e. The zero-order valence-electron chi connectivity index (χ0n) is 21.2. The first kappa shape index (κ1) is 27.0. The van der Waals surface area contributed by atoms with E-state index in [4.69, 9.17) is 9.15 Å². The molecule has 0 aliphatic carbocycles. The van der Waals surface area contributed by atoms with Crippen molar-refractivity contribution in [3.63, 3.8) is 0 Å². The molecule has 1 fully saturated rings. The van der Waals surface area contributed by atoms with E-state index >= 15 is 0 Å². The maximum Gasteiger partial charge on any atom is 0.269 e. The number of non-ortho nitro benzene ring substituents is 1. The van der Waals surface area contributed by atoms with Crippen LogP contribution in [0.5, 0.6) is 0 Å². The van der Waals surface area contributed by atoms with E-state index in [9.17, 15) is 19.7 Å². The van der Waals surface area contributed by atoms with Gasteiger partial charge in [0.25, 0.3) is 11.6 Å². The van der Waals surface area contributed by atoms with Crippen molar-refractivity contribution < 1.29 is 23.7 Å². The standard InChI is InChI=1S/C28H32N4O6/c33-27(31(21-26-8-4-17-38-26)20-23-6-2-1-3-7-23)22-30(14-5-13-29-15-18-37-19-16-29)28(34)24-9-11-25(12-10-24)32(35)36/h1-4,6-12,17H,5,13-16,18-22H2. The van der Waals surface area contributed by atoms with Crippen LogP contribution in [0.2, 0.25) is 0 Å². The molecule has 0 unspecified atom stereocenters. The van der Waals surface area contributed by atoms with Crippen molar-refractivity contribution in [3.05, 3.63) is 100.0 Å². The van der Waals surface area contributed by atoms with Crippen molar-refractivity contribution >= 4 is 17.5 Å². The van der Waals surface area contributed by atoms with Crippen LogP contribution in [0, 0.1) is 10.1 Å². The lowest BCUT2D eigenvalue weighted by atomic mass is 10.1. The van der Waals surface area contributed by atoms with Crippen LogP contribution in [-0.4, -0.2) is 77.4 Å². The minimum Gasteiger partial charge on any atom is -0.467 e. The second-order valence-corrected chi connectivity index (χ2v) is 9.15. The first-order valence-corrected chi connectivity index (χ1v) is 12.7. The normalized spacial score (nSPS) is 13.7. The Hall–Kier alpha value is -4.02. The summed E-state index contributed by atoms with van der Waals surface area (Å²) < 4.78 is 10.9. The number of hydrogen-bond acceptors (Lipinski definition) is 7. The molecule has 0 radical (unpaired) electrons. The monoisotopic (exact) mass is 520 g/mol. The number of nitro groups is 1. The number of rotatable bonds is 12. The third-order valence-electron chi connectivity index (χ3n) is 6.44. The molecule has 2 aromatic carbocycles. The number of benzene rings is 2. The Morgan fingerprint density at radius 2 is 1.66 bits per heavy atom. The van der Waals surface area contributed by atoms with Crippen molar-refractivity contribution in [1.29, 1.82) is 0 Å². The molecule has 1 saturated heterocycles. The Morgan fingerprint density at radius 1 is 0.921 bits per heavy atom. The van der Waals surface area contributed by atoms with Gasteiger partial charge in [0.1, 0.15) is 12.3 Å².